The van der Waals surface area contributed by atoms with Gasteiger partial charge in [0.05, 0.1) is 5.69 Å². The average molecular weight is 275 g/mol. The van der Waals surface area contributed by atoms with Crippen LogP contribution in [0.5, 0.6) is 0 Å². The van der Waals surface area contributed by atoms with Gasteiger partial charge in [0, 0.05) is 18.9 Å². The van der Waals surface area contributed by atoms with E-state index in [0.717, 1.165) is 16.9 Å². The molecule has 2 aromatic rings. The minimum atomic E-state index is -0.807. The largest absolute Gasteiger partial charge is 0.480 e. The Hall–Kier alpha value is -1.88. The summed E-state index contributed by atoms with van der Waals surface area (Å²) >= 11 is 0. The lowest BCUT2D eigenvalue weighted by atomic mass is 10.0. The first-order valence-electron chi connectivity index (χ1n) is 6.86. The highest BCUT2D eigenvalue weighted by atomic mass is 16.4. The fourth-order valence-corrected chi connectivity index (χ4v) is 2.21. The molecule has 2 aromatic heterocycles. The van der Waals surface area contributed by atoms with Gasteiger partial charge < -0.3 is 9.51 Å². The molecule has 108 valence electrons. The number of hydrogen-bond donors (Lipinski definition) is 2. The van der Waals surface area contributed by atoms with Gasteiger partial charge in [0.25, 0.3) is 0 Å². The van der Waals surface area contributed by atoms with Crippen molar-refractivity contribution in [2.45, 2.75) is 39.8 Å². The molecule has 2 rings (SSSR count). The molecule has 0 aliphatic carbocycles. The number of nitrogens with one attached hydrogen (secondary N) is 1. The van der Waals surface area contributed by atoms with Crippen molar-refractivity contribution < 1.29 is 9.90 Å². The molecule has 0 aliphatic heterocycles. The van der Waals surface area contributed by atoms with Crippen LogP contribution in [0.2, 0.25) is 0 Å². The van der Waals surface area contributed by atoms with Crippen molar-refractivity contribution in [1.82, 2.24) is 14.7 Å². The zero-order valence-electron chi connectivity index (χ0n) is 12.1. The quantitative estimate of drug-likeness (QED) is 0.848. The standard InChI is InChI=1S/C15H21N3O2/c1-10(2)6-13(15(19)20)16-7-12-9-18-8-11(3)4-5-14(18)17-12/h4-5,8-10,13,16H,6-7H2,1-3H3,(H,19,20). The molecule has 5 heteroatoms. The van der Waals surface area contributed by atoms with Gasteiger partial charge in [-0.25, -0.2) is 4.98 Å². The molecule has 0 amide bonds. The second-order valence-corrected chi connectivity index (χ2v) is 5.61. The molecule has 1 unspecified atom stereocenters. The molecule has 0 aliphatic rings. The molecule has 2 N–H and O–H groups in total. The number of carboxylic acids is 1. The molecule has 0 saturated heterocycles. The second kappa shape index (κ2) is 6.05. The van der Waals surface area contributed by atoms with E-state index in [1.807, 2.05) is 49.7 Å². The van der Waals surface area contributed by atoms with E-state index < -0.39 is 12.0 Å². The third-order valence-electron chi connectivity index (χ3n) is 3.18. The molecular formula is C15H21N3O2. The highest BCUT2D eigenvalue weighted by Crippen LogP contribution is 2.09. The topological polar surface area (TPSA) is 66.6 Å². The highest BCUT2D eigenvalue weighted by molar-refractivity contribution is 5.73. The lowest BCUT2D eigenvalue weighted by molar-refractivity contribution is -0.140. The van der Waals surface area contributed by atoms with Crippen molar-refractivity contribution in [1.29, 1.82) is 0 Å². The molecule has 2 heterocycles. The van der Waals surface area contributed by atoms with Crippen LogP contribution >= 0.6 is 0 Å². The van der Waals surface area contributed by atoms with Crippen LogP contribution in [0, 0.1) is 12.8 Å². The first kappa shape index (κ1) is 14.5. The Kier molecular flexibility index (Phi) is 4.39. The predicted octanol–water partition coefficient (Wildman–Crippen LogP) is 2.23. The number of aliphatic carboxylic acids is 1. The monoisotopic (exact) mass is 275 g/mol. The minimum Gasteiger partial charge on any atom is -0.480 e. The number of nitrogens with zero attached hydrogens (tertiary/aromatic N) is 2. The summed E-state index contributed by atoms with van der Waals surface area (Å²) in [6, 6.07) is 3.45. The Morgan fingerprint density at radius 3 is 2.80 bits per heavy atom. The van der Waals surface area contributed by atoms with Gasteiger partial charge in [-0.05, 0) is 30.9 Å². The Balaban J connectivity index is 2.05. The van der Waals surface area contributed by atoms with Crippen LogP contribution in [0.1, 0.15) is 31.5 Å². The number of fused-ring (bicyclic) bond motifs is 1. The Bertz CT molecular complexity index is 604. The summed E-state index contributed by atoms with van der Waals surface area (Å²) in [5.74, 6) is -0.467. The van der Waals surface area contributed by atoms with Gasteiger partial charge in [-0.1, -0.05) is 19.9 Å². The molecule has 0 spiro atoms. The van der Waals surface area contributed by atoms with Crippen LogP contribution in [-0.2, 0) is 11.3 Å². The zero-order chi connectivity index (χ0) is 14.7. The number of imidazole rings is 1. The van der Waals surface area contributed by atoms with E-state index in [-0.39, 0.29) is 0 Å². The summed E-state index contributed by atoms with van der Waals surface area (Å²) in [6.45, 7) is 6.53. The summed E-state index contributed by atoms with van der Waals surface area (Å²) in [5.41, 5.74) is 2.89. The zero-order valence-corrected chi connectivity index (χ0v) is 12.1. The Morgan fingerprint density at radius 1 is 1.40 bits per heavy atom. The molecule has 1 atom stereocenters. The summed E-state index contributed by atoms with van der Waals surface area (Å²) in [5, 5.41) is 12.3. The Labute approximate surface area is 118 Å². The van der Waals surface area contributed by atoms with Crippen molar-refractivity contribution >= 4 is 11.6 Å². The number of aromatic nitrogens is 2. The summed E-state index contributed by atoms with van der Waals surface area (Å²) in [7, 11) is 0. The van der Waals surface area contributed by atoms with Gasteiger partial charge in [-0.2, -0.15) is 0 Å². The van der Waals surface area contributed by atoms with E-state index in [1.54, 1.807) is 0 Å². The Morgan fingerprint density at radius 2 is 2.15 bits per heavy atom. The predicted molar refractivity (Wildman–Crippen MR) is 77.6 cm³/mol. The van der Waals surface area contributed by atoms with E-state index in [9.17, 15) is 9.90 Å². The maximum atomic E-state index is 11.2. The van der Waals surface area contributed by atoms with Gasteiger partial charge in [0.2, 0.25) is 0 Å². The summed E-state index contributed by atoms with van der Waals surface area (Å²) in [4.78, 5) is 15.7. The average Bonchev–Trinajstić information content (AvgIpc) is 2.75. The van der Waals surface area contributed by atoms with E-state index in [2.05, 4.69) is 10.3 Å². The van der Waals surface area contributed by atoms with Crippen molar-refractivity contribution in [3.8, 4) is 0 Å². The van der Waals surface area contributed by atoms with Crippen molar-refractivity contribution in [3.63, 3.8) is 0 Å². The lowest BCUT2D eigenvalue weighted by Gasteiger charge is -2.15. The number of carboxylic acid groups (broad SMARTS) is 1. The van der Waals surface area contributed by atoms with Gasteiger partial charge in [-0.3, -0.25) is 10.1 Å². The van der Waals surface area contributed by atoms with Crippen LogP contribution in [0.25, 0.3) is 5.65 Å². The van der Waals surface area contributed by atoms with Gasteiger partial charge in [0.15, 0.2) is 0 Å². The molecule has 0 saturated carbocycles. The third kappa shape index (κ3) is 3.57. The number of pyridine rings is 1. The number of carbonyl (C=O) groups is 1. The number of aryl methyl sites for hydroxylation is 1. The summed E-state index contributed by atoms with van der Waals surface area (Å²) in [6.07, 6.45) is 4.56. The van der Waals surface area contributed by atoms with Crippen LogP contribution in [0.15, 0.2) is 24.5 Å². The summed E-state index contributed by atoms with van der Waals surface area (Å²) < 4.78 is 1.96. The van der Waals surface area contributed by atoms with Crippen LogP contribution in [-0.4, -0.2) is 26.5 Å². The third-order valence-corrected chi connectivity index (χ3v) is 3.18. The number of rotatable bonds is 6. The molecule has 20 heavy (non-hydrogen) atoms. The van der Waals surface area contributed by atoms with E-state index in [4.69, 9.17) is 0 Å². The van der Waals surface area contributed by atoms with Crippen molar-refractivity contribution in [2.75, 3.05) is 0 Å². The smallest absolute Gasteiger partial charge is 0.320 e. The van der Waals surface area contributed by atoms with Crippen LogP contribution in [0.4, 0.5) is 0 Å². The maximum Gasteiger partial charge on any atom is 0.320 e. The molecule has 0 bridgehead atoms. The van der Waals surface area contributed by atoms with Gasteiger partial charge >= 0.3 is 5.97 Å². The van der Waals surface area contributed by atoms with Gasteiger partial charge in [0.1, 0.15) is 11.7 Å². The fourth-order valence-electron chi connectivity index (χ4n) is 2.21. The second-order valence-electron chi connectivity index (χ2n) is 5.61. The van der Waals surface area contributed by atoms with Crippen LogP contribution in [0.3, 0.4) is 0 Å². The van der Waals surface area contributed by atoms with Crippen molar-refractivity contribution in [2.24, 2.45) is 5.92 Å². The molecule has 0 fully saturated rings. The van der Waals surface area contributed by atoms with Crippen LogP contribution < -0.4 is 5.32 Å². The number of hydrogen-bond acceptors (Lipinski definition) is 3. The van der Waals surface area contributed by atoms with E-state index >= 15 is 0 Å². The fraction of sp³-hybridized carbons (Fsp3) is 0.467. The minimum absolute atomic E-state index is 0.340. The van der Waals surface area contributed by atoms with Gasteiger partial charge in [-0.15, -0.1) is 0 Å². The van der Waals surface area contributed by atoms with E-state index in [0.29, 0.717) is 18.9 Å². The SMILES string of the molecule is Cc1ccc2nc(CNC(CC(C)C)C(=O)O)cn2c1. The lowest BCUT2D eigenvalue weighted by Crippen LogP contribution is -2.37. The first-order valence-corrected chi connectivity index (χ1v) is 6.86. The highest BCUT2D eigenvalue weighted by Gasteiger charge is 2.18. The molecule has 5 nitrogen and oxygen atoms in total. The van der Waals surface area contributed by atoms with E-state index in [1.165, 1.54) is 0 Å². The molecular weight excluding hydrogens is 254 g/mol. The normalized spacial score (nSPS) is 13.0. The molecule has 0 radical (unpaired) electrons. The maximum absolute atomic E-state index is 11.2. The first-order chi connectivity index (χ1) is 9.45. The van der Waals surface area contributed by atoms with Crippen molar-refractivity contribution in [3.05, 3.63) is 35.8 Å². The molecule has 0 aromatic carbocycles.